The molecular formula is C16H19N3O. The largest absolute Gasteiger partial charge is 0.399 e. The number of nitrogens with one attached hydrogen (secondary N) is 1. The summed E-state index contributed by atoms with van der Waals surface area (Å²) in [5.41, 5.74) is 15.3. The van der Waals surface area contributed by atoms with Crippen LogP contribution in [0, 0.1) is 6.92 Å². The minimum Gasteiger partial charge on any atom is -0.399 e. The molecule has 0 fully saturated rings. The minimum absolute atomic E-state index is 0.170. The summed E-state index contributed by atoms with van der Waals surface area (Å²) in [7, 11) is 0. The fourth-order valence-corrected chi connectivity index (χ4v) is 2.08. The number of carbonyl (C=O) groups is 1. The van der Waals surface area contributed by atoms with E-state index >= 15 is 0 Å². The predicted molar refractivity (Wildman–Crippen MR) is 82.5 cm³/mol. The van der Waals surface area contributed by atoms with Gasteiger partial charge in [-0.3, -0.25) is 4.79 Å². The summed E-state index contributed by atoms with van der Waals surface area (Å²) in [4.78, 5) is 12.0. The number of nitrogens with two attached hydrogens (primary N) is 2. The van der Waals surface area contributed by atoms with Crippen LogP contribution in [0.1, 0.15) is 21.5 Å². The third kappa shape index (κ3) is 3.29. The zero-order chi connectivity index (χ0) is 14.5. The summed E-state index contributed by atoms with van der Waals surface area (Å²) in [5, 5.41) is 2.88. The highest BCUT2D eigenvalue weighted by Crippen LogP contribution is 2.15. The Balaban J connectivity index is 1.94. The maximum Gasteiger partial charge on any atom is 0.253 e. The molecule has 2 aromatic carbocycles. The van der Waals surface area contributed by atoms with E-state index in [1.807, 2.05) is 12.1 Å². The van der Waals surface area contributed by atoms with Crippen LogP contribution in [0.15, 0.2) is 42.5 Å². The normalized spacial score (nSPS) is 10.2. The number of amides is 1. The van der Waals surface area contributed by atoms with Crippen LogP contribution in [-0.2, 0) is 6.42 Å². The molecule has 0 aliphatic carbocycles. The molecule has 1 amide bonds. The molecular weight excluding hydrogens is 250 g/mol. The van der Waals surface area contributed by atoms with E-state index in [2.05, 4.69) is 24.4 Å². The van der Waals surface area contributed by atoms with Gasteiger partial charge in [0.1, 0.15) is 0 Å². The topological polar surface area (TPSA) is 81.1 Å². The van der Waals surface area contributed by atoms with Gasteiger partial charge >= 0.3 is 0 Å². The SMILES string of the molecule is Cc1ccccc1CCNC(=O)c1ccc(N)cc1N. The van der Waals surface area contributed by atoms with Crippen LogP contribution in [0.25, 0.3) is 0 Å². The Kier molecular flexibility index (Phi) is 4.25. The Labute approximate surface area is 118 Å². The van der Waals surface area contributed by atoms with Crippen LogP contribution in [0.2, 0.25) is 0 Å². The first-order valence-corrected chi connectivity index (χ1v) is 6.55. The van der Waals surface area contributed by atoms with Gasteiger partial charge in [-0.2, -0.15) is 0 Å². The molecule has 0 aliphatic rings. The van der Waals surface area contributed by atoms with Crippen LogP contribution in [0.4, 0.5) is 11.4 Å². The van der Waals surface area contributed by atoms with Crippen molar-refractivity contribution in [2.75, 3.05) is 18.0 Å². The standard InChI is InChI=1S/C16H19N3O/c1-11-4-2-3-5-12(11)8-9-19-16(20)14-7-6-13(17)10-15(14)18/h2-7,10H,8-9,17-18H2,1H3,(H,19,20). The van der Waals surface area contributed by atoms with Crippen molar-refractivity contribution in [1.82, 2.24) is 5.32 Å². The zero-order valence-corrected chi connectivity index (χ0v) is 11.5. The summed E-state index contributed by atoms with van der Waals surface area (Å²) in [6, 6.07) is 13.1. The van der Waals surface area contributed by atoms with Gasteiger partial charge in [-0.15, -0.1) is 0 Å². The monoisotopic (exact) mass is 269 g/mol. The van der Waals surface area contributed by atoms with E-state index in [9.17, 15) is 4.79 Å². The van der Waals surface area contributed by atoms with Gasteiger partial charge in [0, 0.05) is 17.9 Å². The molecule has 5 N–H and O–H groups in total. The highest BCUT2D eigenvalue weighted by molar-refractivity contribution is 5.99. The third-order valence-electron chi connectivity index (χ3n) is 3.26. The molecule has 0 spiro atoms. The number of hydrogen-bond donors (Lipinski definition) is 3. The number of aryl methyl sites for hydroxylation is 1. The summed E-state index contributed by atoms with van der Waals surface area (Å²) >= 11 is 0. The minimum atomic E-state index is -0.170. The first-order chi connectivity index (χ1) is 9.58. The van der Waals surface area contributed by atoms with Gasteiger partial charge in [-0.1, -0.05) is 24.3 Å². The van der Waals surface area contributed by atoms with Crippen molar-refractivity contribution in [3.63, 3.8) is 0 Å². The number of anilines is 2. The second-order valence-corrected chi connectivity index (χ2v) is 4.78. The average Bonchev–Trinajstić information content (AvgIpc) is 2.40. The lowest BCUT2D eigenvalue weighted by Crippen LogP contribution is -2.26. The maximum atomic E-state index is 12.0. The lowest BCUT2D eigenvalue weighted by atomic mass is 10.1. The van der Waals surface area contributed by atoms with Crippen molar-refractivity contribution in [3.8, 4) is 0 Å². The molecule has 0 saturated heterocycles. The second-order valence-electron chi connectivity index (χ2n) is 4.78. The molecule has 4 nitrogen and oxygen atoms in total. The summed E-state index contributed by atoms with van der Waals surface area (Å²) in [5.74, 6) is -0.170. The lowest BCUT2D eigenvalue weighted by Gasteiger charge is -2.09. The quantitative estimate of drug-likeness (QED) is 0.744. The first kappa shape index (κ1) is 13.9. The van der Waals surface area contributed by atoms with E-state index in [0.717, 1.165) is 6.42 Å². The number of hydrogen-bond acceptors (Lipinski definition) is 3. The van der Waals surface area contributed by atoms with Gasteiger partial charge in [-0.05, 0) is 42.7 Å². The third-order valence-corrected chi connectivity index (χ3v) is 3.26. The van der Waals surface area contributed by atoms with Crippen molar-refractivity contribution in [2.24, 2.45) is 0 Å². The van der Waals surface area contributed by atoms with E-state index in [-0.39, 0.29) is 5.91 Å². The number of nitrogen functional groups attached to an aromatic ring is 2. The average molecular weight is 269 g/mol. The lowest BCUT2D eigenvalue weighted by molar-refractivity contribution is 0.0955. The van der Waals surface area contributed by atoms with Gasteiger partial charge in [0.05, 0.1) is 5.56 Å². The smallest absolute Gasteiger partial charge is 0.253 e. The van der Waals surface area contributed by atoms with Crippen molar-refractivity contribution in [2.45, 2.75) is 13.3 Å². The van der Waals surface area contributed by atoms with Gasteiger partial charge in [-0.25, -0.2) is 0 Å². The van der Waals surface area contributed by atoms with Gasteiger partial charge < -0.3 is 16.8 Å². The highest BCUT2D eigenvalue weighted by atomic mass is 16.1. The van der Waals surface area contributed by atoms with Crippen LogP contribution in [0.5, 0.6) is 0 Å². The maximum absolute atomic E-state index is 12.0. The Morgan fingerprint density at radius 3 is 2.60 bits per heavy atom. The van der Waals surface area contributed by atoms with E-state index in [4.69, 9.17) is 11.5 Å². The molecule has 0 unspecified atom stereocenters. The van der Waals surface area contributed by atoms with Crippen molar-refractivity contribution < 1.29 is 4.79 Å². The fourth-order valence-electron chi connectivity index (χ4n) is 2.08. The molecule has 0 aromatic heterocycles. The number of carbonyl (C=O) groups excluding carboxylic acids is 1. The fraction of sp³-hybridized carbons (Fsp3) is 0.188. The molecule has 0 bridgehead atoms. The predicted octanol–water partition coefficient (Wildman–Crippen LogP) is 2.13. The van der Waals surface area contributed by atoms with Gasteiger partial charge in [0.25, 0.3) is 5.91 Å². The van der Waals surface area contributed by atoms with E-state index in [1.54, 1.807) is 18.2 Å². The van der Waals surface area contributed by atoms with Gasteiger partial charge in [0.2, 0.25) is 0 Å². The Morgan fingerprint density at radius 2 is 1.90 bits per heavy atom. The summed E-state index contributed by atoms with van der Waals surface area (Å²) in [6.07, 6.45) is 0.799. The van der Waals surface area contributed by atoms with E-state index in [1.165, 1.54) is 11.1 Å². The molecule has 0 aliphatic heterocycles. The number of benzene rings is 2. The first-order valence-electron chi connectivity index (χ1n) is 6.55. The molecule has 20 heavy (non-hydrogen) atoms. The molecule has 2 rings (SSSR count). The summed E-state index contributed by atoms with van der Waals surface area (Å²) in [6.45, 7) is 2.64. The van der Waals surface area contributed by atoms with Crippen LogP contribution >= 0.6 is 0 Å². The Morgan fingerprint density at radius 1 is 1.15 bits per heavy atom. The second kappa shape index (κ2) is 6.10. The van der Waals surface area contributed by atoms with E-state index < -0.39 is 0 Å². The van der Waals surface area contributed by atoms with E-state index in [0.29, 0.717) is 23.5 Å². The number of rotatable bonds is 4. The van der Waals surface area contributed by atoms with Crippen molar-refractivity contribution in [3.05, 3.63) is 59.2 Å². The van der Waals surface area contributed by atoms with Crippen molar-refractivity contribution in [1.29, 1.82) is 0 Å². The zero-order valence-electron chi connectivity index (χ0n) is 11.5. The Hall–Kier alpha value is -2.49. The molecule has 0 heterocycles. The van der Waals surface area contributed by atoms with Crippen LogP contribution in [0.3, 0.4) is 0 Å². The molecule has 0 saturated carbocycles. The molecule has 2 aromatic rings. The molecule has 104 valence electrons. The van der Waals surface area contributed by atoms with Crippen molar-refractivity contribution >= 4 is 17.3 Å². The molecule has 0 radical (unpaired) electrons. The Bertz CT molecular complexity index is 623. The summed E-state index contributed by atoms with van der Waals surface area (Å²) < 4.78 is 0. The van der Waals surface area contributed by atoms with Gasteiger partial charge in [0.15, 0.2) is 0 Å². The van der Waals surface area contributed by atoms with Crippen LogP contribution in [-0.4, -0.2) is 12.5 Å². The highest BCUT2D eigenvalue weighted by Gasteiger charge is 2.09. The van der Waals surface area contributed by atoms with Crippen LogP contribution < -0.4 is 16.8 Å². The molecule has 0 atom stereocenters. The molecule has 4 heteroatoms.